The zero-order valence-electron chi connectivity index (χ0n) is 15.1. The third kappa shape index (κ3) is 4.38. The van der Waals surface area contributed by atoms with Crippen molar-refractivity contribution in [3.05, 3.63) is 59.2 Å². The third-order valence-electron chi connectivity index (χ3n) is 4.06. The van der Waals surface area contributed by atoms with Gasteiger partial charge in [-0.15, -0.1) is 0 Å². The molecule has 0 aliphatic carbocycles. The lowest BCUT2D eigenvalue weighted by Crippen LogP contribution is -2.38. The fourth-order valence-electron chi connectivity index (χ4n) is 2.87. The van der Waals surface area contributed by atoms with Crippen LogP contribution in [0.1, 0.15) is 28.4 Å². The van der Waals surface area contributed by atoms with Crippen LogP contribution in [0.25, 0.3) is 0 Å². The van der Waals surface area contributed by atoms with E-state index in [0.29, 0.717) is 24.4 Å². The molecular formula is C20H24N2O3. The van der Waals surface area contributed by atoms with Gasteiger partial charge in [-0.25, -0.2) is 0 Å². The number of hydrogen-bond acceptors (Lipinski definition) is 3. The Morgan fingerprint density at radius 2 is 1.68 bits per heavy atom. The molecule has 0 bridgehead atoms. The van der Waals surface area contributed by atoms with Crippen LogP contribution in [0.5, 0.6) is 5.75 Å². The quantitative estimate of drug-likeness (QED) is 0.879. The molecule has 0 heterocycles. The first kappa shape index (κ1) is 18.5. The molecule has 2 amide bonds. The molecule has 2 rings (SSSR count). The van der Waals surface area contributed by atoms with Crippen molar-refractivity contribution in [1.82, 2.24) is 5.32 Å². The molecular weight excluding hydrogens is 316 g/mol. The zero-order valence-corrected chi connectivity index (χ0v) is 15.1. The van der Waals surface area contributed by atoms with E-state index in [4.69, 9.17) is 4.74 Å². The number of rotatable bonds is 6. The van der Waals surface area contributed by atoms with Crippen LogP contribution in [0.15, 0.2) is 42.5 Å². The Hall–Kier alpha value is -2.82. The van der Waals surface area contributed by atoms with Crippen molar-refractivity contribution < 1.29 is 14.3 Å². The maximum absolute atomic E-state index is 12.4. The van der Waals surface area contributed by atoms with Gasteiger partial charge in [0.25, 0.3) is 5.91 Å². The van der Waals surface area contributed by atoms with Gasteiger partial charge in [0.1, 0.15) is 5.75 Å². The predicted molar refractivity (Wildman–Crippen MR) is 99.3 cm³/mol. The number of amides is 2. The number of methoxy groups -OCH3 is 1. The van der Waals surface area contributed by atoms with Gasteiger partial charge in [0.05, 0.1) is 12.7 Å². The van der Waals surface area contributed by atoms with Crippen LogP contribution in [0.3, 0.4) is 0 Å². The van der Waals surface area contributed by atoms with Crippen molar-refractivity contribution in [2.45, 2.75) is 20.8 Å². The maximum atomic E-state index is 12.4. The Morgan fingerprint density at radius 1 is 1.04 bits per heavy atom. The van der Waals surface area contributed by atoms with Gasteiger partial charge in [0.2, 0.25) is 5.91 Å². The van der Waals surface area contributed by atoms with Gasteiger partial charge in [-0.3, -0.25) is 9.59 Å². The highest BCUT2D eigenvalue weighted by atomic mass is 16.5. The maximum Gasteiger partial charge on any atom is 0.255 e. The fraction of sp³-hybridized carbons (Fsp3) is 0.300. The molecule has 0 fully saturated rings. The van der Waals surface area contributed by atoms with Crippen LogP contribution in [-0.2, 0) is 4.79 Å². The summed E-state index contributed by atoms with van der Waals surface area (Å²) in [6, 6.07) is 13.0. The second kappa shape index (κ2) is 8.33. The molecule has 0 atom stereocenters. The fourth-order valence-corrected chi connectivity index (χ4v) is 2.87. The van der Waals surface area contributed by atoms with Crippen molar-refractivity contribution in [1.29, 1.82) is 0 Å². The number of ether oxygens (including phenoxy) is 1. The Kier molecular flexibility index (Phi) is 6.17. The summed E-state index contributed by atoms with van der Waals surface area (Å²) in [5.41, 5.74) is 3.45. The number of nitrogens with zero attached hydrogens (tertiary/aromatic N) is 1. The minimum absolute atomic E-state index is 0.0519. The number of hydrogen-bond donors (Lipinski definition) is 1. The summed E-state index contributed by atoms with van der Waals surface area (Å²) >= 11 is 0. The van der Waals surface area contributed by atoms with Crippen molar-refractivity contribution in [2.24, 2.45) is 0 Å². The lowest BCUT2D eigenvalue weighted by molar-refractivity contribution is -0.116. The molecule has 0 radical (unpaired) electrons. The van der Waals surface area contributed by atoms with Crippen LogP contribution in [-0.4, -0.2) is 32.0 Å². The first-order valence-corrected chi connectivity index (χ1v) is 8.21. The molecule has 5 heteroatoms. The first-order chi connectivity index (χ1) is 12.0. The van der Waals surface area contributed by atoms with Crippen LogP contribution in [0.2, 0.25) is 0 Å². The Morgan fingerprint density at radius 3 is 2.28 bits per heavy atom. The van der Waals surface area contributed by atoms with E-state index >= 15 is 0 Å². The molecule has 2 aromatic carbocycles. The lowest BCUT2D eigenvalue weighted by atomic mass is 10.1. The van der Waals surface area contributed by atoms with Crippen LogP contribution >= 0.6 is 0 Å². The largest absolute Gasteiger partial charge is 0.496 e. The highest BCUT2D eigenvalue weighted by Crippen LogP contribution is 2.24. The summed E-state index contributed by atoms with van der Waals surface area (Å²) in [6.07, 6.45) is 0. The molecule has 5 nitrogen and oxygen atoms in total. The average molecular weight is 340 g/mol. The molecule has 2 aromatic rings. The standard InChI is InChI=1S/C20H24N2O3/c1-14-8-7-9-15(2)19(14)22(16(3)23)13-12-21-20(24)17-10-5-6-11-18(17)25-4/h5-11H,12-13H2,1-4H3,(H,21,24). The van der Waals surface area contributed by atoms with Gasteiger partial charge in [-0.1, -0.05) is 30.3 Å². The number of nitrogens with one attached hydrogen (secondary N) is 1. The van der Waals surface area contributed by atoms with Crippen LogP contribution in [0.4, 0.5) is 5.69 Å². The van der Waals surface area contributed by atoms with Crippen molar-refractivity contribution in [2.75, 3.05) is 25.1 Å². The van der Waals surface area contributed by atoms with Crippen molar-refractivity contribution >= 4 is 17.5 Å². The van der Waals surface area contributed by atoms with Crippen LogP contribution < -0.4 is 15.0 Å². The van der Waals surface area contributed by atoms with E-state index in [-0.39, 0.29) is 11.8 Å². The molecule has 0 aliphatic heterocycles. The molecule has 1 N–H and O–H groups in total. The van der Waals surface area contributed by atoms with E-state index in [9.17, 15) is 9.59 Å². The van der Waals surface area contributed by atoms with Gasteiger partial charge < -0.3 is 15.0 Å². The molecule has 0 aromatic heterocycles. The van der Waals surface area contributed by atoms with Gasteiger partial charge in [-0.2, -0.15) is 0 Å². The van der Waals surface area contributed by atoms with E-state index in [1.165, 1.54) is 14.0 Å². The minimum atomic E-state index is -0.220. The number of carbonyl (C=O) groups excluding carboxylic acids is 2. The zero-order chi connectivity index (χ0) is 18.4. The Bertz CT molecular complexity index is 751. The highest BCUT2D eigenvalue weighted by molar-refractivity contribution is 5.97. The predicted octanol–water partition coefficient (Wildman–Crippen LogP) is 3.09. The topological polar surface area (TPSA) is 58.6 Å². The SMILES string of the molecule is COc1ccccc1C(=O)NCCN(C(C)=O)c1c(C)cccc1C. The third-order valence-corrected chi connectivity index (χ3v) is 4.06. The molecule has 0 aliphatic rings. The van der Waals surface area contributed by atoms with Gasteiger partial charge in [0, 0.05) is 25.7 Å². The second-order valence-corrected chi connectivity index (χ2v) is 5.87. The molecule has 0 unspecified atom stereocenters. The Labute approximate surface area is 148 Å². The van der Waals surface area contributed by atoms with Crippen molar-refractivity contribution in [3.63, 3.8) is 0 Å². The molecule has 0 spiro atoms. The number of carbonyl (C=O) groups is 2. The number of anilines is 1. The molecule has 0 saturated heterocycles. The number of aryl methyl sites for hydroxylation is 2. The second-order valence-electron chi connectivity index (χ2n) is 5.87. The lowest BCUT2D eigenvalue weighted by Gasteiger charge is -2.25. The van der Waals surface area contributed by atoms with E-state index in [0.717, 1.165) is 16.8 Å². The molecule has 0 saturated carbocycles. The summed E-state index contributed by atoms with van der Waals surface area (Å²) in [5.74, 6) is 0.254. The highest BCUT2D eigenvalue weighted by Gasteiger charge is 2.17. The van der Waals surface area contributed by atoms with Gasteiger partial charge >= 0.3 is 0 Å². The van der Waals surface area contributed by atoms with E-state index in [1.807, 2.05) is 38.1 Å². The number of benzene rings is 2. The molecule has 132 valence electrons. The Balaban J connectivity index is 2.08. The summed E-state index contributed by atoms with van der Waals surface area (Å²) in [7, 11) is 1.53. The van der Waals surface area contributed by atoms with Crippen LogP contribution in [0, 0.1) is 13.8 Å². The van der Waals surface area contributed by atoms with E-state index < -0.39 is 0 Å². The minimum Gasteiger partial charge on any atom is -0.496 e. The number of para-hydroxylation sites is 2. The summed E-state index contributed by atoms with van der Waals surface area (Å²) in [5, 5.41) is 2.85. The molecule has 25 heavy (non-hydrogen) atoms. The normalized spacial score (nSPS) is 10.2. The van der Waals surface area contributed by atoms with Gasteiger partial charge in [0.15, 0.2) is 0 Å². The average Bonchev–Trinajstić information content (AvgIpc) is 2.59. The van der Waals surface area contributed by atoms with E-state index in [1.54, 1.807) is 23.1 Å². The first-order valence-electron chi connectivity index (χ1n) is 8.21. The van der Waals surface area contributed by atoms with E-state index in [2.05, 4.69) is 5.32 Å². The summed E-state index contributed by atoms with van der Waals surface area (Å²) < 4.78 is 5.21. The van der Waals surface area contributed by atoms with Crippen molar-refractivity contribution in [3.8, 4) is 5.75 Å². The summed E-state index contributed by atoms with van der Waals surface area (Å²) in [4.78, 5) is 26.1. The smallest absolute Gasteiger partial charge is 0.255 e. The monoisotopic (exact) mass is 340 g/mol. The summed E-state index contributed by atoms with van der Waals surface area (Å²) in [6.45, 7) is 6.25. The van der Waals surface area contributed by atoms with Gasteiger partial charge in [-0.05, 0) is 37.1 Å².